The van der Waals surface area contributed by atoms with Crippen molar-refractivity contribution in [2.75, 3.05) is 0 Å². The summed E-state index contributed by atoms with van der Waals surface area (Å²) in [6, 6.07) is 3.79. The molecule has 0 radical (unpaired) electrons. The van der Waals surface area contributed by atoms with Crippen LogP contribution in [0.1, 0.15) is 27.0 Å². The van der Waals surface area contributed by atoms with E-state index >= 15 is 0 Å². The van der Waals surface area contributed by atoms with Crippen molar-refractivity contribution in [3.05, 3.63) is 34.4 Å². The Morgan fingerprint density at radius 1 is 1.46 bits per heavy atom. The Morgan fingerprint density at radius 2 is 2.08 bits per heavy atom. The number of hydrogen-bond donors (Lipinski definition) is 1. The fourth-order valence-corrected chi connectivity index (χ4v) is 1.97. The van der Waals surface area contributed by atoms with E-state index < -0.39 is 5.97 Å². The molecule has 0 unspecified atom stereocenters. The van der Waals surface area contributed by atoms with Crippen molar-refractivity contribution in [3.63, 3.8) is 0 Å². The summed E-state index contributed by atoms with van der Waals surface area (Å²) in [4.78, 5) is 10.9. The average Bonchev–Trinajstić information content (AvgIpc) is 2.04. The SMILES string of the molecule is Cc1ccc(CBr)c(C)c1C(=O)O. The molecule has 13 heavy (non-hydrogen) atoms. The molecule has 0 aromatic heterocycles. The monoisotopic (exact) mass is 242 g/mol. The summed E-state index contributed by atoms with van der Waals surface area (Å²) in [7, 11) is 0. The normalized spacial score (nSPS) is 10.1. The Morgan fingerprint density at radius 3 is 2.54 bits per heavy atom. The van der Waals surface area contributed by atoms with Gasteiger partial charge in [0, 0.05) is 5.33 Å². The van der Waals surface area contributed by atoms with Gasteiger partial charge >= 0.3 is 5.97 Å². The molecule has 0 bridgehead atoms. The summed E-state index contributed by atoms with van der Waals surface area (Å²) in [5.74, 6) is -0.849. The van der Waals surface area contributed by atoms with E-state index in [9.17, 15) is 4.79 Å². The first-order valence-electron chi connectivity index (χ1n) is 3.96. The zero-order valence-electron chi connectivity index (χ0n) is 7.60. The average molecular weight is 243 g/mol. The van der Waals surface area contributed by atoms with Gasteiger partial charge in [-0.25, -0.2) is 4.79 Å². The molecule has 3 heteroatoms. The molecule has 0 aliphatic carbocycles. The highest BCUT2D eigenvalue weighted by Crippen LogP contribution is 2.20. The predicted octanol–water partition coefficient (Wildman–Crippen LogP) is 2.90. The Balaban J connectivity index is 3.38. The molecule has 0 atom stereocenters. The predicted molar refractivity (Wildman–Crippen MR) is 55.5 cm³/mol. The lowest BCUT2D eigenvalue weighted by Gasteiger charge is -2.08. The maximum absolute atomic E-state index is 10.9. The zero-order valence-corrected chi connectivity index (χ0v) is 9.18. The molecule has 0 saturated carbocycles. The molecule has 0 fully saturated rings. The van der Waals surface area contributed by atoms with Gasteiger partial charge in [-0.3, -0.25) is 0 Å². The van der Waals surface area contributed by atoms with E-state index in [-0.39, 0.29) is 0 Å². The molecule has 1 aromatic rings. The van der Waals surface area contributed by atoms with Gasteiger partial charge in [-0.1, -0.05) is 28.1 Å². The quantitative estimate of drug-likeness (QED) is 0.811. The molecule has 0 amide bonds. The summed E-state index contributed by atoms with van der Waals surface area (Å²) in [6.45, 7) is 3.65. The number of halogens is 1. The molecular formula is C10H11BrO2. The van der Waals surface area contributed by atoms with Gasteiger partial charge in [-0.05, 0) is 30.5 Å². The van der Waals surface area contributed by atoms with Crippen LogP contribution in [0.25, 0.3) is 0 Å². The number of hydrogen-bond acceptors (Lipinski definition) is 1. The maximum atomic E-state index is 10.9. The first kappa shape index (κ1) is 10.3. The van der Waals surface area contributed by atoms with Crippen molar-refractivity contribution in [2.45, 2.75) is 19.2 Å². The molecule has 0 aliphatic rings. The van der Waals surface area contributed by atoms with Crippen LogP contribution < -0.4 is 0 Å². The number of carboxylic acids is 1. The van der Waals surface area contributed by atoms with Crippen molar-refractivity contribution in [2.24, 2.45) is 0 Å². The maximum Gasteiger partial charge on any atom is 0.336 e. The number of aryl methyl sites for hydroxylation is 1. The summed E-state index contributed by atoms with van der Waals surface area (Å²) in [5, 5.41) is 9.64. The van der Waals surface area contributed by atoms with Crippen LogP contribution in [0.3, 0.4) is 0 Å². The molecule has 2 nitrogen and oxygen atoms in total. The van der Waals surface area contributed by atoms with Gasteiger partial charge in [-0.15, -0.1) is 0 Å². The van der Waals surface area contributed by atoms with Crippen LogP contribution in [-0.4, -0.2) is 11.1 Å². The van der Waals surface area contributed by atoms with Gasteiger partial charge in [0.15, 0.2) is 0 Å². The highest BCUT2D eigenvalue weighted by atomic mass is 79.9. The van der Waals surface area contributed by atoms with Gasteiger partial charge in [0.1, 0.15) is 0 Å². The van der Waals surface area contributed by atoms with Gasteiger partial charge in [0.2, 0.25) is 0 Å². The van der Waals surface area contributed by atoms with Crippen molar-refractivity contribution >= 4 is 21.9 Å². The van der Waals surface area contributed by atoms with E-state index in [0.717, 1.165) is 16.7 Å². The molecule has 70 valence electrons. The van der Waals surface area contributed by atoms with Crippen LogP contribution in [0.2, 0.25) is 0 Å². The molecule has 0 aliphatic heterocycles. The lowest BCUT2D eigenvalue weighted by Crippen LogP contribution is -2.04. The van der Waals surface area contributed by atoms with E-state index in [4.69, 9.17) is 5.11 Å². The van der Waals surface area contributed by atoms with E-state index in [1.165, 1.54) is 0 Å². The topological polar surface area (TPSA) is 37.3 Å². The third-order valence-electron chi connectivity index (χ3n) is 2.14. The van der Waals surface area contributed by atoms with Gasteiger partial charge < -0.3 is 5.11 Å². The van der Waals surface area contributed by atoms with Crippen LogP contribution >= 0.6 is 15.9 Å². The lowest BCUT2D eigenvalue weighted by molar-refractivity contribution is 0.0695. The standard InChI is InChI=1S/C10H11BrO2/c1-6-3-4-8(5-11)7(2)9(6)10(12)13/h3-4H,5H2,1-2H3,(H,12,13). The summed E-state index contributed by atoms with van der Waals surface area (Å²) in [5.41, 5.74) is 3.12. The van der Waals surface area contributed by atoms with Crippen molar-refractivity contribution < 1.29 is 9.90 Å². The minimum Gasteiger partial charge on any atom is -0.478 e. The van der Waals surface area contributed by atoms with Crippen LogP contribution in [0.5, 0.6) is 0 Å². The Labute approximate surface area is 85.7 Å². The van der Waals surface area contributed by atoms with Crippen molar-refractivity contribution in [3.8, 4) is 0 Å². The highest BCUT2D eigenvalue weighted by Gasteiger charge is 2.12. The molecule has 0 spiro atoms. The van der Waals surface area contributed by atoms with Gasteiger partial charge in [-0.2, -0.15) is 0 Å². The molecule has 0 heterocycles. The summed E-state index contributed by atoms with van der Waals surface area (Å²) in [6.07, 6.45) is 0. The third kappa shape index (κ3) is 1.91. The van der Waals surface area contributed by atoms with Gasteiger partial charge in [0.25, 0.3) is 0 Å². The summed E-state index contributed by atoms with van der Waals surface area (Å²) < 4.78 is 0. The second-order valence-electron chi connectivity index (χ2n) is 2.98. The van der Waals surface area contributed by atoms with E-state index in [1.807, 2.05) is 26.0 Å². The number of rotatable bonds is 2. The van der Waals surface area contributed by atoms with Crippen LogP contribution in [0, 0.1) is 13.8 Å². The minimum atomic E-state index is -0.849. The van der Waals surface area contributed by atoms with Crippen LogP contribution in [-0.2, 0) is 5.33 Å². The van der Waals surface area contributed by atoms with E-state index in [1.54, 1.807) is 0 Å². The molecule has 0 saturated heterocycles. The fourth-order valence-electron chi connectivity index (χ4n) is 1.36. The Bertz CT molecular complexity index is 345. The molecule has 1 aromatic carbocycles. The van der Waals surface area contributed by atoms with Gasteiger partial charge in [0.05, 0.1) is 5.56 Å². The summed E-state index contributed by atoms with van der Waals surface area (Å²) >= 11 is 3.32. The molecular weight excluding hydrogens is 232 g/mol. The number of aromatic carboxylic acids is 1. The fraction of sp³-hybridized carbons (Fsp3) is 0.300. The second kappa shape index (κ2) is 3.92. The largest absolute Gasteiger partial charge is 0.478 e. The molecule has 1 N–H and O–H groups in total. The smallest absolute Gasteiger partial charge is 0.336 e. The highest BCUT2D eigenvalue weighted by molar-refractivity contribution is 9.08. The van der Waals surface area contributed by atoms with E-state index in [0.29, 0.717) is 10.9 Å². The number of carbonyl (C=O) groups is 1. The number of alkyl halides is 1. The first-order valence-corrected chi connectivity index (χ1v) is 5.08. The zero-order chi connectivity index (χ0) is 10.0. The minimum absolute atomic E-state index is 0.428. The number of benzene rings is 1. The van der Waals surface area contributed by atoms with Crippen LogP contribution in [0.15, 0.2) is 12.1 Å². The van der Waals surface area contributed by atoms with E-state index in [2.05, 4.69) is 15.9 Å². The van der Waals surface area contributed by atoms with Crippen molar-refractivity contribution in [1.82, 2.24) is 0 Å². The van der Waals surface area contributed by atoms with Crippen molar-refractivity contribution in [1.29, 1.82) is 0 Å². The second-order valence-corrected chi connectivity index (χ2v) is 3.54. The lowest BCUT2D eigenvalue weighted by atomic mass is 9.99. The van der Waals surface area contributed by atoms with Crippen LogP contribution in [0.4, 0.5) is 0 Å². The molecule has 1 rings (SSSR count). The number of carboxylic acid groups (broad SMARTS) is 1. The Hall–Kier alpha value is -0.830. The Kier molecular flexibility index (Phi) is 3.09. The third-order valence-corrected chi connectivity index (χ3v) is 2.75. The first-order chi connectivity index (χ1) is 6.07.